The van der Waals surface area contributed by atoms with Gasteiger partial charge in [0.05, 0.1) is 12.1 Å². The molecule has 0 unspecified atom stereocenters. The van der Waals surface area contributed by atoms with Crippen LogP contribution in [0.15, 0.2) is 36.5 Å². The minimum absolute atomic E-state index is 0.205. The highest BCUT2D eigenvalue weighted by Crippen LogP contribution is 2.09. The number of hydrogen-bond donors (Lipinski definition) is 1. The molecule has 1 heterocycles. The fourth-order valence-corrected chi connectivity index (χ4v) is 1.88. The number of benzene rings is 1. The third-order valence-electron chi connectivity index (χ3n) is 2.79. The van der Waals surface area contributed by atoms with Crippen LogP contribution < -0.4 is 5.73 Å². The molecule has 18 heavy (non-hydrogen) atoms. The van der Waals surface area contributed by atoms with Crippen molar-refractivity contribution in [1.29, 1.82) is 0 Å². The SMILES string of the molecule is Cn1ccc(CC(=O)CCc2cccc(N)c2)n1. The first-order valence-electron chi connectivity index (χ1n) is 5.98. The van der Waals surface area contributed by atoms with Gasteiger partial charge in [0.25, 0.3) is 0 Å². The van der Waals surface area contributed by atoms with Crippen LogP contribution in [0.1, 0.15) is 17.7 Å². The minimum atomic E-state index is 0.205. The van der Waals surface area contributed by atoms with Gasteiger partial charge in [0, 0.05) is 25.4 Å². The van der Waals surface area contributed by atoms with Crippen molar-refractivity contribution in [1.82, 2.24) is 9.78 Å². The van der Waals surface area contributed by atoms with Gasteiger partial charge in [-0.05, 0) is 30.2 Å². The van der Waals surface area contributed by atoms with Crippen LogP contribution in [0.3, 0.4) is 0 Å². The second-order valence-electron chi connectivity index (χ2n) is 4.44. The molecule has 2 N–H and O–H groups in total. The van der Waals surface area contributed by atoms with E-state index in [1.807, 2.05) is 43.6 Å². The number of ketones is 1. The predicted octanol–water partition coefficient (Wildman–Crippen LogP) is 1.75. The molecule has 0 amide bonds. The van der Waals surface area contributed by atoms with Gasteiger partial charge in [0.1, 0.15) is 5.78 Å². The summed E-state index contributed by atoms with van der Waals surface area (Å²) < 4.78 is 1.71. The molecule has 0 atom stereocenters. The van der Waals surface area contributed by atoms with Crippen LogP contribution in [-0.4, -0.2) is 15.6 Å². The van der Waals surface area contributed by atoms with E-state index in [-0.39, 0.29) is 5.78 Å². The Morgan fingerprint density at radius 3 is 2.89 bits per heavy atom. The maximum absolute atomic E-state index is 11.8. The summed E-state index contributed by atoms with van der Waals surface area (Å²) in [5.74, 6) is 0.205. The zero-order chi connectivity index (χ0) is 13.0. The third kappa shape index (κ3) is 3.45. The van der Waals surface area contributed by atoms with Crippen LogP contribution >= 0.6 is 0 Å². The molecular formula is C14H17N3O. The molecule has 2 rings (SSSR count). The van der Waals surface area contributed by atoms with Gasteiger partial charge in [-0.1, -0.05) is 12.1 Å². The molecule has 1 aromatic heterocycles. The van der Waals surface area contributed by atoms with Crippen LogP contribution in [0.2, 0.25) is 0 Å². The van der Waals surface area contributed by atoms with Crippen molar-refractivity contribution in [3.8, 4) is 0 Å². The third-order valence-corrected chi connectivity index (χ3v) is 2.79. The van der Waals surface area contributed by atoms with Gasteiger partial charge in [0.2, 0.25) is 0 Å². The summed E-state index contributed by atoms with van der Waals surface area (Å²) in [5.41, 5.74) is 8.36. The van der Waals surface area contributed by atoms with Gasteiger partial charge in [-0.3, -0.25) is 9.48 Å². The Bertz CT molecular complexity index is 545. The van der Waals surface area contributed by atoms with E-state index in [4.69, 9.17) is 5.73 Å². The molecule has 1 aromatic carbocycles. The summed E-state index contributed by atoms with van der Waals surface area (Å²) in [4.78, 5) is 11.8. The second kappa shape index (κ2) is 5.49. The Kier molecular flexibility index (Phi) is 3.77. The number of hydrogen-bond acceptors (Lipinski definition) is 3. The van der Waals surface area contributed by atoms with Gasteiger partial charge in [-0.2, -0.15) is 5.10 Å². The molecule has 0 radical (unpaired) electrons. The Morgan fingerprint density at radius 1 is 1.39 bits per heavy atom. The molecule has 0 fully saturated rings. The van der Waals surface area contributed by atoms with Gasteiger partial charge < -0.3 is 5.73 Å². The lowest BCUT2D eigenvalue weighted by atomic mass is 10.0. The van der Waals surface area contributed by atoms with Crippen molar-refractivity contribution in [2.24, 2.45) is 7.05 Å². The van der Waals surface area contributed by atoms with Crippen LogP contribution in [-0.2, 0) is 24.7 Å². The largest absolute Gasteiger partial charge is 0.399 e. The zero-order valence-electron chi connectivity index (χ0n) is 10.5. The normalized spacial score (nSPS) is 10.5. The highest BCUT2D eigenvalue weighted by Gasteiger charge is 2.06. The Labute approximate surface area is 106 Å². The average Bonchev–Trinajstić information content (AvgIpc) is 2.72. The van der Waals surface area contributed by atoms with Crippen LogP contribution in [0.4, 0.5) is 5.69 Å². The highest BCUT2D eigenvalue weighted by molar-refractivity contribution is 5.80. The first-order valence-corrected chi connectivity index (χ1v) is 5.98. The van der Waals surface area contributed by atoms with E-state index in [1.54, 1.807) is 4.68 Å². The van der Waals surface area contributed by atoms with E-state index in [0.29, 0.717) is 12.8 Å². The summed E-state index contributed by atoms with van der Waals surface area (Å²) in [6, 6.07) is 9.53. The van der Waals surface area contributed by atoms with E-state index in [9.17, 15) is 4.79 Å². The molecular weight excluding hydrogens is 226 g/mol. The number of anilines is 1. The number of nitrogen functional groups attached to an aromatic ring is 1. The van der Waals surface area contributed by atoms with E-state index < -0.39 is 0 Å². The Morgan fingerprint density at radius 2 is 2.22 bits per heavy atom. The Balaban J connectivity index is 1.85. The van der Waals surface area contributed by atoms with Gasteiger partial charge in [0.15, 0.2) is 0 Å². The van der Waals surface area contributed by atoms with Crippen LogP contribution in [0, 0.1) is 0 Å². The number of aryl methyl sites for hydroxylation is 2. The summed E-state index contributed by atoms with van der Waals surface area (Å²) in [7, 11) is 1.85. The predicted molar refractivity (Wildman–Crippen MR) is 71.1 cm³/mol. The first kappa shape index (κ1) is 12.4. The molecule has 4 heteroatoms. The Hall–Kier alpha value is -2.10. The smallest absolute Gasteiger partial charge is 0.139 e. The monoisotopic (exact) mass is 243 g/mol. The number of aromatic nitrogens is 2. The minimum Gasteiger partial charge on any atom is -0.399 e. The summed E-state index contributed by atoms with van der Waals surface area (Å²) in [6.45, 7) is 0. The number of rotatable bonds is 5. The first-order chi connectivity index (χ1) is 8.63. The van der Waals surface area contributed by atoms with Gasteiger partial charge in [-0.15, -0.1) is 0 Å². The molecule has 0 bridgehead atoms. The summed E-state index contributed by atoms with van der Waals surface area (Å²) in [5, 5.41) is 4.20. The fraction of sp³-hybridized carbons (Fsp3) is 0.286. The number of nitrogens with zero attached hydrogens (tertiary/aromatic N) is 2. The molecule has 0 spiro atoms. The van der Waals surface area contributed by atoms with Crippen molar-refractivity contribution in [3.05, 3.63) is 47.8 Å². The molecule has 94 valence electrons. The molecule has 0 saturated carbocycles. The van der Waals surface area contributed by atoms with Gasteiger partial charge >= 0.3 is 0 Å². The van der Waals surface area contributed by atoms with Crippen molar-refractivity contribution < 1.29 is 4.79 Å². The van der Waals surface area contributed by atoms with Crippen LogP contribution in [0.25, 0.3) is 0 Å². The van der Waals surface area contributed by atoms with E-state index >= 15 is 0 Å². The number of nitrogens with two attached hydrogens (primary N) is 1. The zero-order valence-corrected chi connectivity index (χ0v) is 10.5. The van der Waals surface area contributed by atoms with Crippen molar-refractivity contribution in [3.63, 3.8) is 0 Å². The topological polar surface area (TPSA) is 60.9 Å². The lowest BCUT2D eigenvalue weighted by Gasteiger charge is -2.01. The lowest BCUT2D eigenvalue weighted by Crippen LogP contribution is -2.05. The van der Waals surface area contributed by atoms with Crippen molar-refractivity contribution >= 4 is 11.5 Å². The van der Waals surface area contributed by atoms with Gasteiger partial charge in [-0.25, -0.2) is 0 Å². The molecule has 0 saturated heterocycles. The van der Waals surface area contributed by atoms with Crippen molar-refractivity contribution in [2.45, 2.75) is 19.3 Å². The molecule has 2 aromatic rings. The number of Topliss-reactive ketones (excluding diaryl/α,β-unsaturated/α-hetero) is 1. The number of carbonyl (C=O) groups is 1. The maximum atomic E-state index is 11.8. The second-order valence-corrected chi connectivity index (χ2v) is 4.44. The molecule has 4 nitrogen and oxygen atoms in total. The quantitative estimate of drug-likeness (QED) is 0.814. The molecule has 0 aliphatic heterocycles. The summed E-state index contributed by atoms with van der Waals surface area (Å²) in [6.07, 6.45) is 3.51. The van der Waals surface area contributed by atoms with E-state index in [1.165, 1.54) is 0 Å². The lowest BCUT2D eigenvalue weighted by molar-refractivity contribution is -0.118. The molecule has 0 aliphatic carbocycles. The summed E-state index contributed by atoms with van der Waals surface area (Å²) >= 11 is 0. The fourth-order valence-electron chi connectivity index (χ4n) is 1.88. The van der Waals surface area contributed by atoms with E-state index in [2.05, 4.69) is 5.10 Å². The standard InChI is InChI=1S/C14H17N3O/c1-17-8-7-13(16-17)10-14(18)6-5-11-3-2-4-12(15)9-11/h2-4,7-9H,5-6,10,15H2,1H3. The highest BCUT2D eigenvalue weighted by atomic mass is 16.1. The number of carbonyl (C=O) groups excluding carboxylic acids is 1. The average molecular weight is 243 g/mol. The maximum Gasteiger partial charge on any atom is 0.139 e. The van der Waals surface area contributed by atoms with Crippen LogP contribution in [0.5, 0.6) is 0 Å². The molecule has 0 aliphatic rings. The van der Waals surface area contributed by atoms with Crippen molar-refractivity contribution in [2.75, 3.05) is 5.73 Å². The van der Waals surface area contributed by atoms with E-state index in [0.717, 1.165) is 23.4 Å².